The summed E-state index contributed by atoms with van der Waals surface area (Å²) in [4.78, 5) is 16.2. The van der Waals surface area contributed by atoms with Crippen LogP contribution in [0.25, 0.3) is 0 Å². The number of carbonyl (C=O) groups is 1. The van der Waals surface area contributed by atoms with E-state index in [1.807, 2.05) is 4.72 Å². The first-order valence-electron chi connectivity index (χ1n) is 9.02. The van der Waals surface area contributed by atoms with Gasteiger partial charge in [-0.1, -0.05) is 0 Å². The van der Waals surface area contributed by atoms with Gasteiger partial charge in [0, 0.05) is 19.8 Å². The molecule has 0 radical (unpaired) electrons. The predicted octanol–water partition coefficient (Wildman–Crippen LogP) is 0.424. The molecule has 3 unspecified atom stereocenters. The molecular formula is C18H23F2N3O7S. The fourth-order valence-corrected chi connectivity index (χ4v) is 3.15. The summed E-state index contributed by atoms with van der Waals surface area (Å²) in [6.07, 6.45) is -1.28. The van der Waals surface area contributed by atoms with Crippen LogP contribution >= 0.6 is 0 Å². The van der Waals surface area contributed by atoms with Crippen LogP contribution in [0.3, 0.4) is 0 Å². The summed E-state index contributed by atoms with van der Waals surface area (Å²) in [6.45, 7) is 0.122. The van der Waals surface area contributed by atoms with Crippen molar-refractivity contribution in [3.8, 4) is 0 Å². The minimum Gasteiger partial charge on any atom is -0.431 e. The number of aromatic nitrogens is 1. The first-order valence-corrected chi connectivity index (χ1v) is 10.9. The number of hydrogen-bond acceptors (Lipinski definition) is 8. The summed E-state index contributed by atoms with van der Waals surface area (Å²) in [5.41, 5.74) is -0.194. The second-order valence-electron chi connectivity index (χ2n) is 6.81. The van der Waals surface area contributed by atoms with Crippen molar-refractivity contribution in [1.82, 2.24) is 10.3 Å². The number of hydrogen-bond donors (Lipinski definition) is 4. The molecule has 172 valence electrons. The number of aliphatic hydroxyl groups is 2. The van der Waals surface area contributed by atoms with Gasteiger partial charge in [0.05, 0.1) is 18.4 Å². The van der Waals surface area contributed by atoms with Gasteiger partial charge in [-0.15, -0.1) is 0 Å². The third-order valence-electron chi connectivity index (χ3n) is 4.13. The number of carbonyl (C=O) groups excluding carboxylic acids is 1. The van der Waals surface area contributed by atoms with Gasteiger partial charge in [0.2, 0.25) is 10.0 Å². The van der Waals surface area contributed by atoms with Crippen LogP contribution in [0.4, 0.5) is 14.8 Å². The molecule has 31 heavy (non-hydrogen) atoms. The molecule has 1 aromatic heterocycles. The zero-order valence-electron chi connectivity index (χ0n) is 16.7. The molecule has 0 saturated heterocycles. The second-order valence-corrected chi connectivity index (χ2v) is 8.56. The van der Waals surface area contributed by atoms with E-state index in [-0.39, 0.29) is 30.7 Å². The monoisotopic (exact) mass is 463 g/mol. The highest BCUT2D eigenvalue weighted by atomic mass is 32.2. The van der Waals surface area contributed by atoms with Gasteiger partial charge in [-0.3, -0.25) is 4.79 Å². The Morgan fingerprint density at radius 1 is 1.26 bits per heavy atom. The minimum absolute atomic E-state index is 0.0357. The number of halogens is 2. The molecule has 0 aliphatic rings. The fraction of sp³-hybridized carbons (Fsp3) is 0.444. The first kappa shape index (κ1) is 24.7. The van der Waals surface area contributed by atoms with Crippen LogP contribution in [-0.2, 0) is 21.2 Å². The number of nitrogens with one attached hydrogen (secondary N) is 2. The van der Waals surface area contributed by atoms with Gasteiger partial charge in [-0.2, -0.15) is 4.98 Å². The average Bonchev–Trinajstić information content (AvgIpc) is 3.10. The van der Waals surface area contributed by atoms with Crippen molar-refractivity contribution in [3.05, 3.63) is 47.4 Å². The van der Waals surface area contributed by atoms with Crippen LogP contribution in [-0.4, -0.2) is 67.7 Å². The van der Waals surface area contributed by atoms with Crippen molar-refractivity contribution >= 4 is 21.9 Å². The Morgan fingerprint density at radius 2 is 1.90 bits per heavy atom. The van der Waals surface area contributed by atoms with Gasteiger partial charge >= 0.3 is 6.01 Å². The molecule has 0 aliphatic carbocycles. The predicted molar refractivity (Wildman–Crippen MR) is 105 cm³/mol. The van der Waals surface area contributed by atoms with E-state index in [2.05, 4.69) is 10.3 Å². The zero-order valence-corrected chi connectivity index (χ0v) is 17.5. The number of ether oxygens (including phenoxy) is 1. The van der Waals surface area contributed by atoms with Crippen LogP contribution in [0.15, 0.2) is 28.9 Å². The maximum Gasteiger partial charge on any atom is 0.309 e. The van der Waals surface area contributed by atoms with Crippen LogP contribution in [0.1, 0.15) is 22.5 Å². The molecule has 1 amide bonds. The molecule has 1 aromatic carbocycles. The highest BCUT2D eigenvalue weighted by molar-refractivity contribution is 7.91. The summed E-state index contributed by atoms with van der Waals surface area (Å²) in [6, 6.07) is 1.11. The third-order valence-corrected chi connectivity index (χ3v) is 4.67. The summed E-state index contributed by atoms with van der Waals surface area (Å²) in [7, 11) is -2.29. The Morgan fingerprint density at radius 3 is 2.48 bits per heavy atom. The number of benzene rings is 1. The minimum atomic E-state index is -3.69. The first-order chi connectivity index (χ1) is 14.5. The zero-order chi connectivity index (χ0) is 23.2. The van der Waals surface area contributed by atoms with E-state index in [4.69, 9.17) is 9.15 Å². The number of rotatable bonds is 11. The van der Waals surface area contributed by atoms with Crippen molar-refractivity contribution in [2.75, 3.05) is 24.7 Å². The van der Waals surface area contributed by atoms with Crippen LogP contribution in [0.5, 0.6) is 0 Å². The van der Waals surface area contributed by atoms with E-state index in [0.29, 0.717) is 6.07 Å². The summed E-state index contributed by atoms with van der Waals surface area (Å²) >= 11 is 0. The normalized spacial score (nSPS) is 14.6. The van der Waals surface area contributed by atoms with Crippen LogP contribution in [0, 0.1) is 11.6 Å². The van der Waals surface area contributed by atoms with E-state index in [1.165, 1.54) is 7.11 Å². The molecule has 1 heterocycles. The highest BCUT2D eigenvalue weighted by Gasteiger charge is 2.29. The molecule has 3 atom stereocenters. The maximum atomic E-state index is 13.5. The molecule has 0 fully saturated rings. The smallest absolute Gasteiger partial charge is 0.309 e. The van der Waals surface area contributed by atoms with E-state index in [9.17, 15) is 32.2 Å². The number of oxazole rings is 1. The lowest BCUT2D eigenvalue weighted by atomic mass is 9.96. The van der Waals surface area contributed by atoms with Gasteiger partial charge in [-0.25, -0.2) is 21.9 Å². The SMILES string of the molecule is COCCC(O)C(O)C(Cc1cc(F)cc(F)c1)NC(=O)c1coc(NS(C)(=O)=O)n1. The third kappa shape index (κ3) is 7.86. The lowest BCUT2D eigenvalue weighted by Crippen LogP contribution is -2.50. The summed E-state index contributed by atoms with van der Waals surface area (Å²) in [5.74, 6) is -2.56. The molecule has 0 bridgehead atoms. The number of nitrogens with zero attached hydrogens (tertiary/aromatic N) is 1. The Balaban J connectivity index is 2.21. The Kier molecular flexibility index (Phi) is 8.44. The van der Waals surface area contributed by atoms with E-state index in [1.54, 1.807) is 0 Å². The Bertz CT molecular complexity index is 980. The molecule has 10 nitrogen and oxygen atoms in total. The number of amides is 1. The van der Waals surface area contributed by atoms with Crippen molar-refractivity contribution < 1.29 is 41.4 Å². The lowest BCUT2D eigenvalue weighted by molar-refractivity contribution is -0.0177. The molecule has 0 spiro atoms. The average molecular weight is 463 g/mol. The maximum absolute atomic E-state index is 13.5. The number of anilines is 1. The highest BCUT2D eigenvalue weighted by Crippen LogP contribution is 2.16. The van der Waals surface area contributed by atoms with Gasteiger partial charge in [0.15, 0.2) is 5.69 Å². The van der Waals surface area contributed by atoms with Crippen LogP contribution < -0.4 is 10.0 Å². The second kappa shape index (κ2) is 10.6. The van der Waals surface area contributed by atoms with Crippen LogP contribution in [0.2, 0.25) is 0 Å². The van der Waals surface area contributed by atoms with E-state index in [0.717, 1.165) is 24.7 Å². The van der Waals surface area contributed by atoms with Gasteiger partial charge in [0.25, 0.3) is 5.91 Å². The molecular weight excluding hydrogens is 440 g/mol. The molecule has 2 rings (SSSR count). The molecule has 4 N–H and O–H groups in total. The molecule has 0 aliphatic heterocycles. The summed E-state index contributed by atoms with van der Waals surface area (Å²) in [5, 5.41) is 23.1. The Labute approximate surface area is 177 Å². The number of sulfonamides is 1. The van der Waals surface area contributed by atoms with Crippen molar-refractivity contribution in [3.63, 3.8) is 0 Å². The molecule has 0 saturated carbocycles. The number of methoxy groups -OCH3 is 1. The summed E-state index contributed by atoms with van der Waals surface area (Å²) < 4.78 is 61.2. The Hall–Kier alpha value is -2.61. The van der Waals surface area contributed by atoms with Gasteiger partial charge in [-0.05, 0) is 30.5 Å². The van der Waals surface area contributed by atoms with Gasteiger partial charge in [0.1, 0.15) is 24.0 Å². The van der Waals surface area contributed by atoms with Crippen molar-refractivity contribution in [2.24, 2.45) is 0 Å². The number of aliphatic hydroxyl groups excluding tert-OH is 2. The molecule has 2 aromatic rings. The quantitative estimate of drug-likeness (QED) is 0.374. The van der Waals surface area contributed by atoms with E-state index < -0.39 is 51.8 Å². The fourth-order valence-electron chi connectivity index (χ4n) is 2.74. The molecule has 13 heteroatoms. The van der Waals surface area contributed by atoms with E-state index >= 15 is 0 Å². The van der Waals surface area contributed by atoms with Gasteiger partial charge < -0.3 is 24.7 Å². The largest absolute Gasteiger partial charge is 0.431 e. The van der Waals surface area contributed by atoms with Crippen molar-refractivity contribution in [1.29, 1.82) is 0 Å². The standard InChI is InChI=1S/C18H23F2N3O7S/c1-29-4-3-15(24)16(25)13(7-10-5-11(19)8-12(20)6-10)21-17(26)14-9-30-18(22-14)23-31(2,27)28/h5-6,8-9,13,15-16,24-25H,3-4,7H2,1-2H3,(H,21,26)(H,22,23). The van der Waals surface area contributed by atoms with Crippen molar-refractivity contribution in [2.45, 2.75) is 31.1 Å². The lowest BCUT2D eigenvalue weighted by Gasteiger charge is -2.27. The topological polar surface area (TPSA) is 151 Å².